The number of carbonyl (C=O) groups excluding carboxylic acids is 3. The molecule has 1 unspecified atom stereocenters. The van der Waals surface area contributed by atoms with Crippen molar-refractivity contribution in [1.29, 1.82) is 0 Å². The fourth-order valence-electron chi connectivity index (χ4n) is 6.32. The number of aliphatic imine (C=N–C) groups is 1. The standard InChI is InChI=1S/C37H45FN6O4S/c1-21(2)34(40-19-28(18-39)27-13-29(38)15-31(14-27)48-32-16-30(17-32)43-24(5)45)37(47)44-12-6-7-33(44)36(46)42-22(3)25-8-10-26(11-9-25)35-23(4)41-20-49-35/h8-11,13-15,18-22,30,32-34H,6-7,12,16-17,39H2,1-5H3,(H,42,46)(H,43,45)/t22-,30?,32?,33-,34?/m0/s1. The van der Waals surface area contributed by atoms with Crippen LogP contribution in [0.5, 0.6) is 5.75 Å². The summed E-state index contributed by atoms with van der Waals surface area (Å²) in [6, 6.07) is 10.8. The maximum Gasteiger partial charge on any atom is 0.248 e. The molecular weight excluding hydrogens is 644 g/mol. The van der Waals surface area contributed by atoms with Crippen LogP contribution in [0.2, 0.25) is 0 Å². The minimum absolute atomic E-state index is 0.0500. The van der Waals surface area contributed by atoms with E-state index < -0.39 is 17.9 Å². The van der Waals surface area contributed by atoms with Crippen LogP contribution in [-0.2, 0) is 14.4 Å². The molecule has 3 amide bonds. The van der Waals surface area contributed by atoms with Gasteiger partial charge in [-0.3, -0.25) is 19.4 Å². The zero-order valence-electron chi connectivity index (χ0n) is 28.6. The second kappa shape index (κ2) is 15.8. The van der Waals surface area contributed by atoms with Crippen molar-refractivity contribution in [2.24, 2.45) is 16.6 Å². The van der Waals surface area contributed by atoms with Gasteiger partial charge in [0.05, 0.1) is 22.1 Å². The van der Waals surface area contributed by atoms with Gasteiger partial charge in [-0.05, 0) is 61.4 Å². The Morgan fingerprint density at radius 1 is 1.14 bits per heavy atom. The molecule has 1 saturated carbocycles. The van der Waals surface area contributed by atoms with Crippen LogP contribution in [0.3, 0.4) is 0 Å². The molecule has 5 rings (SSSR count). The number of hydrogen-bond donors (Lipinski definition) is 3. The second-order valence-corrected chi connectivity index (χ2v) is 14.0. The lowest BCUT2D eigenvalue weighted by molar-refractivity contribution is -0.140. The summed E-state index contributed by atoms with van der Waals surface area (Å²) in [6.45, 7) is 9.65. The third kappa shape index (κ3) is 8.72. The van der Waals surface area contributed by atoms with Crippen LogP contribution in [0.1, 0.15) is 76.2 Å². The number of nitrogens with two attached hydrogens (primary N) is 1. The van der Waals surface area contributed by atoms with Crippen molar-refractivity contribution in [3.63, 3.8) is 0 Å². The van der Waals surface area contributed by atoms with Crippen molar-refractivity contribution in [1.82, 2.24) is 20.5 Å². The molecule has 4 N–H and O–H groups in total. The number of nitrogens with one attached hydrogen (secondary N) is 2. The second-order valence-electron chi connectivity index (χ2n) is 13.2. The minimum Gasteiger partial charge on any atom is -0.490 e. The van der Waals surface area contributed by atoms with E-state index in [-0.39, 0.29) is 41.8 Å². The van der Waals surface area contributed by atoms with Crippen molar-refractivity contribution >= 4 is 40.8 Å². The summed E-state index contributed by atoms with van der Waals surface area (Å²) >= 11 is 1.60. The summed E-state index contributed by atoms with van der Waals surface area (Å²) in [4.78, 5) is 50.4. The molecule has 1 aromatic heterocycles. The van der Waals surface area contributed by atoms with E-state index in [4.69, 9.17) is 10.5 Å². The van der Waals surface area contributed by atoms with Crippen molar-refractivity contribution in [3.05, 3.63) is 76.8 Å². The molecule has 0 radical (unpaired) electrons. The summed E-state index contributed by atoms with van der Waals surface area (Å²) in [5.74, 6) is -0.855. The smallest absolute Gasteiger partial charge is 0.248 e. The van der Waals surface area contributed by atoms with Gasteiger partial charge in [0.1, 0.15) is 29.8 Å². The summed E-state index contributed by atoms with van der Waals surface area (Å²) in [5, 5.41) is 5.96. The third-order valence-corrected chi connectivity index (χ3v) is 10.0. The van der Waals surface area contributed by atoms with E-state index in [9.17, 15) is 18.8 Å². The molecule has 0 spiro atoms. The highest BCUT2D eigenvalue weighted by Crippen LogP contribution is 2.30. The summed E-state index contributed by atoms with van der Waals surface area (Å²) in [7, 11) is 0. The van der Waals surface area contributed by atoms with Gasteiger partial charge < -0.3 is 26.0 Å². The first-order valence-electron chi connectivity index (χ1n) is 16.7. The lowest BCUT2D eigenvalue weighted by atomic mass is 9.89. The van der Waals surface area contributed by atoms with Gasteiger partial charge in [0, 0.05) is 56.4 Å². The van der Waals surface area contributed by atoms with Gasteiger partial charge in [0.15, 0.2) is 0 Å². The van der Waals surface area contributed by atoms with Gasteiger partial charge in [-0.25, -0.2) is 9.37 Å². The molecule has 2 aromatic carbocycles. The van der Waals surface area contributed by atoms with E-state index in [0.717, 1.165) is 21.7 Å². The fraction of sp³-hybridized carbons (Fsp3) is 0.432. The maximum absolute atomic E-state index is 14.7. The zero-order valence-corrected chi connectivity index (χ0v) is 29.4. The lowest BCUT2D eigenvalue weighted by Gasteiger charge is -2.35. The zero-order chi connectivity index (χ0) is 35.2. The predicted molar refractivity (Wildman–Crippen MR) is 191 cm³/mol. The fourth-order valence-corrected chi connectivity index (χ4v) is 7.13. The number of allylic oxidation sites excluding steroid dienone is 1. The number of carbonyl (C=O) groups is 3. The van der Waals surface area contributed by atoms with Crippen LogP contribution in [0.4, 0.5) is 4.39 Å². The quantitative estimate of drug-likeness (QED) is 0.213. The van der Waals surface area contributed by atoms with E-state index >= 15 is 0 Å². The van der Waals surface area contributed by atoms with Gasteiger partial charge in [-0.1, -0.05) is 38.1 Å². The van der Waals surface area contributed by atoms with Crippen LogP contribution in [0.15, 0.2) is 59.2 Å². The van der Waals surface area contributed by atoms with E-state index in [1.165, 1.54) is 31.5 Å². The summed E-state index contributed by atoms with van der Waals surface area (Å²) in [5.41, 5.74) is 11.7. The van der Waals surface area contributed by atoms with Gasteiger partial charge in [0.2, 0.25) is 17.7 Å². The van der Waals surface area contributed by atoms with Gasteiger partial charge >= 0.3 is 0 Å². The number of benzene rings is 2. The van der Waals surface area contributed by atoms with Crippen LogP contribution < -0.4 is 21.1 Å². The Morgan fingerprint density at radius 3 is 2.51 bits per heavy atom. The average molecular weight is 689 g/mol. The number of hydrogen-bond acceptors (Lipinski definition) is 8. The van der Waals surface area contributed by atoms with Gasteiger partial charge in [-0.15, -0.1) is 11.3 Å². The first kappa shape index (κ1) is 35.7. The molecule has 3 atom stereocenters. The Morgan fingerprint density at radius 2 is 1.88 bits per heavy atom. The highest BCUT2D eigenvalue weighted by Gasteiger charge is 2.38. The molecule has 2 aliphatic rings. The number of aryl methyl sites for hydroxylation is 1. The Labute approximate surface area is 291 Å². The van der Waals surface area contributed by atoms with Crippen LogP contribution in [0, 0.1) is 18.7 Å². The van der Waals surface area contributed by atoms with Crippen LogP contribution >= 0.6 is 11.3 Å². The van der Waals surface area contributed by atoms with E-state index in [2.05, 4.69) is 20.6 Å². The lowest BCUT2D eigenvalue weighted by Crippen LogP contribution is -2.50. The van der Waals surface area contributed by atoms with E-state index in [0.29, 0.717) is 49.1 Å². The molecule has 49 heavy (non-hydrogen) atoms. The number of amides is 3. The summed E-state index contributed by atoms with van der Waals surface area (Å²) in [6.07, 6.45) is 5.22. The van der Waals surface area contributed by atoms with Crippen molar-refractivity contribution < 1.29 is 23.5 Å². The SMILES string of the molecule is CC(=O)NC1CC(Oc2cc(F)cc(C(C=NC(C(=O)N3CCC[C@H]3C(=O)N[C@@H](C)c3ccc(-c4scnc4C)cc3)C(C)C)=CN)c2)C1. The van der Waals surface area contributed by atoms with Crippen molar-refractivity contribution in [2.45, 2.75) is 90.6 Å². The molecule has 1 aliphatic heterocycles. The Balaban J connectivity index is 1.23. The molecule has 10 nitrogen and oxygen atoms in total. The normalized spacial score (nSPS) is 20.6. The molecule has 3 aromatic rings. The summed E-state index contributed by atoms with van der Waals surface area (Å²) < 4.78 is 20.6. The first-order valence-corrected chi connectivity index (χ1v) is 17.6. The monoisotopic (exact) mass is 688 g/mol. The van der Waals surface area contributed by atoms with Gasteiger partial charge in [-0.2, -0.15) is 0 Å². The molecule has 12 heteroatoms. The molecule has 260 valence electrons. The number of thiazole rings is 1. The first-order chi connectivity index (χ1) is 23.4. The number of aromatic nitrogens is 1. The van der Waals surface area contributed by atoms with Crippen molar-refractivity contribution in [2.75, 3.05) is 6.54 Å². The molecule has 0 bridgehead atoms. The predicted octanol–water partition coefficient (Wildman–Crippen LogP) is 5.57. The largest absolute Gasteiger partial charge is 0.490 e. The number of rotatable bonds is 12. The highest BCUT2D eigenvalue weighted by molar-refractivity contribution is 7.13. The highest BCUT2D eigenvalue weighted by atomic mass is 32.1. The molecule has 2 fully saturated rings. The average Bonchev–Trinajstić information content (AvgIpc) is 3.71. The van der Waals surface area contributed by atoms with Crippen LogP contribution in [-0.4, -0.2) is 64.6 Å². The number of halogens is 1. The number of nitrogens with zero attached hydrogens (tertiary/aromatic N) is 3. The number of ether oxygens (including phenoxy) is 1. The number of likely N-dealkylation sites (tertiary alicyclic amines) is 1. The minimum atomic E-state index is -0.770. The molecular formula is C37H45FN6O4S. The van der Waals surface area contributed by atoms with E-state index in [1.807, 2.05) is 57.5 Å². The molecule has 1 aliphatic carbocycles. The Kier molecular flexibility index (Phi) is 11.5. The topological polar surface area (TPSA) is 139 Å². The third-order valence-electron chi connectivity index (χ3n) is 9.06. The van der Waals surface area contributed by atoms with Gasteiger partial charge in [0.25, 0.3) is 0 Å². The van der Waals surface area contributed by atoms with Crippen LogP contribution in [0.25, 0.3) is 16.0 Å². The van der Waals surface area contributed by atoms with Crippen molar-refractivity contribution in [3.8, 4) is 16.2 Å². The van der Waals surface area contributed by atoms with E-state index in [1.54, 1.807) is 22.3 Å². The molecule has 2 heterocycles. The Bertz CT molecular complexity index is 1720. The Hall–Kier alpha value is -4.58. The maximum atomic E-state index is 14.7. The molecule has 1 saturated heterocycles.